The number of anilines is 1. The Bertz CT molecular complexity index is 1860. The number of aliphatic hydroxyl groups excluding tert-OH is 6. The Hall–Kier alpha value is -2.84. The third-order valence-corrected chi connectivity index (χ3v) is 15.4. The molecule has 16 heteroatoms. The smallest absolute Gasteiger partial charge is 0.335 e. The number of hydrogen-bond donors (Lipinski definition) is 9. The number of rotatable bonds is 9. The molecule has 0 amide bonds. The lowest BCUT2D eigenvalue weighted by atomic mass is 9.41. The van der Waals surface area contributed by atoms with Gasteiger partial charge in [0.15, 0.2) is 12.6 Å². The van der Waals surface area contributed by atoms with Crippen LogP contribution < -0.4 is 11.1 Å². The second kappa shape index (κ2) is 16.1. The van der Waals surface area contributed by atoms with Gasteiger partial charge in [-0.2, -0.15) is 5.10 Å². The zero-order valence-corrected chi connectivity index (χ0v) is 33.7. The Kier molecular flexibility index (Phi) is 11.7. The van der Waals surface area contributed by atoms with E-state index in [0.717, 1.165) is 29.7 Å². The van der Waals surface area contributed by atoms with E-state index in [1.54, 1.807) is 6.92 Å². The standard InChI is InChI=1S/C43H60N2O14/c1-22-4-7-25(8-5-22)45-44-21-41-15-10-26(57-38-36(52)34(50)37(23(2)56-38)59-39-35(51)33(49)32(48)30(19-46)58-39)18-42(41,53)16-12-29-28(41)11-14-40(3)27(13-17-43(29,40)54)24-6-9-31(47)55-20-24/h4-9,20-21,23,26-30,32-39,45-46,48-54H,10-19H2,1-3H3/b44-21+/t23-,26-,27+,28-,29+,30+,32+,33-,34-,35+,36+,37-,38-,39-,40+,41-,42-,43-/m0/s1. The summed E-state index contributed by atoms with van der Waals surface area (Å²) in [6, 6.07) is 11.1. The average Bonchev–Trinajstić information content (AvgIpc) is 3.50. The molecule has 6 fully saturated rings. The average molecular weight is 829 g/mol. The monoisotopic (exact) mass is 828 g/mol. The summed E-state index contributed by atoms with van der Waals surface area (Å²) in [7, 11) is 0. The molecule has 9 N–H and O–H groups in total. The Morgan fingerprint density at radius 3 is 2.25 bits per heavy atom. The van der Waals surface area contributed by atoms with Crippen LogP contribution in [-0.2, 0) is 18.9 Å². The largest absolute Gasteiger partial charge is 0.431 e. The Balaban J connectivity index is 1.01. The van der Waals surface area contributed by atoms with Gasteiger partial charge in [0.2, 0.25) is 0 Å². The van der Waals surface area contributed by atoms with Gasteiger partial charge in [0.05, 0.1) is 42.0 Å². The lowest BCUT2D eigenvalue weighted by molar-refractivity contribution is -0.361. The van der Waals surface area contributed by atoms with Crippen LogP contribution in [0.3, 0.4) is 0 Å². The van der Waals surface area contributed by atoms with Gasteiger partial charge in [-0.3, -0.25) is 5.43 Å². The number of benzene rings is 1. The van der Waals surface area contributed by atoms with Gasteiger partial charge < -0.3 is 64.2 Å². The van der Waals surface area contributed by atoms with Crippen LogP contribution in [0.5, 0.6) is 0 Å². The number of ether oxygens (including phenoxy) is 4. The zero-order valence-electron chi connectivity index (χ0n) is 33.7. The summed E-state index contributed by atoms with van der Waals surface area (Å²) in [6.07, 6.45) is -6.91. The molecule has 4 aliphatic carbocycles. The van der Waals surface area contributed by atoms with Crippen LogP contribution in [0.15, 0.2) is 57.0 Å². The van der Waals surface area contributed by atoms with Crippen LogP contribution in [0.1, 0.15) is 88.7 Å². The molecule has 3 heterocycles. The number of nitrogens with one attached hydrogen (secondary N) is 1. The molecule has 2 aliphatic heterocycles. The number of hydrogen-bond acceptors (Lipinski definition) is 16. The van der Waals surface area contributed by atoms with Crippen LogP contribution in [0.25, 0.3) is 0 Å². The van der Waals surface area contributed by atoms with Crippen LogP contribution in [0, 0.1) is 29.6 Å². The topological polar surface area (TPSA) is 253 Å². The number of fused-ring (bicyclic) bond motifs is 5. The minimum atomic E-state index is -1.71. The summed E-state index contributed by atoms with van der Waals surface area (Å²) in [4.78, 5) is 11.8. The van der Waals surface area contributed by atoms with Crippen molar-refractivity contribution in [3.8, 4) is 0 Å². The van der Waals surface area contributed by atoms with Gasteiger partial charge in [-0.1, -0.05) is 24.6 Å². The van der Waals surface area contributed by atoms with Crippen molar-refractivity contribution in [2.45, 2.75) is 163 Å². The molecule has 1 aromatic carbocycles. The second-order valence-electron chi connectivity index (χ2n) is 18.4. The first kappa shape index (κ1) is 42.8. The van der Waals surface area contributed by atoms with Gasteiger partial charge in [-0.15, -0.1) is 0 Å². The molecule has 2 aromatic rings. The van der Waals surface area contributed by atoms with Gasteiger partial charge in [0, 0.05) is 29.5 Å². The lowest BCUT2D eigenvalue weighted by Gasteiger charge is -2.66. The molecular formula is C43H60N2O14. The first-order valence-corrected chi connectivity index (χ1v) is 21.1. The summed E-state index contributed by atoms with van der Waals surface area (Å²) in [5.41, 5.74) is 1.86. The minimum Gasteiger partial charge on any atom is -0.431 e. The third-order valence-electron chi connectivity index (χ3n) is 15.4. The summed E-state index contributed by atoms with van der Waals surface area (Å²) in [6.45, 7) is 5.08. The van der Waals surface area contributed by atoms with Gasteiger partial charge in [0.1, 0.15) is 42.7 Å². The molecule has 2 saturated heterocycles. The van der Waals surface area contributed by atoms with E-state index >= 15 is 0 Å². The molecule has 59 heavy (non-hydrogen) atoms. The molecule has 0 bridgehead atoms. The summed E-state index contributed by atoms with van der Waals surface area (Å²) < 4.78 is 29.0. The molecule has 4 saturated carbocycles. The van der Waals surface area contributed by atoms with Crippen molar-refractivity contribution in [2.75, 3.05) is 12.0 Å². The van der Waals surface area contributed by atoms with Gasteiger partial charge in [-0.05, 0) is 107 Å². The van der Waals surface area contributed by atoms with E-state index in [9.17, 15) is 45.6 Å². The summed E-state index contributed by atoms with van der Waals surface area (Å²) in [5.74, 6) is -0.280. The molecule has 6 aliphatic rings. The van der Waals surface area contributed by atoms with E-state index in [1.165, 1.54) is 12.3 Å². The maximum Gasteiger partial charge on any atom is 0.335 e. The Morgan fingerprint density at radius 1 is 0.831 bits per heavy atom. The molecule has 1 aromatic heterocycles. The molecule has 18 atom stereocenters. The van der Waals surface area contributed by atoms with Gasteiger partial charge >= 0.3 is 5.63 Å². The number of hydrazone groups is 1. The normalized spacial score (nSPS) is 47.3. The van der Waals surface area contributed by atoms with Gasteiger partial charge in [0.25, 0.3) is 0 Å². The van der Waals surface area contributed by atoms with E-state index in [0.29, 0.717) is 38.5 Å². The highest BCUT2D eigenvalue weighted by Gasteiger charge is 2.71. The molecule has 16 nitrogen and oxygen atoms in total. The number of aliphatic hydroxyl groups is 8. The van der Waals surface area contributed by atoms with Crippen molar-refractivity contribution < 1.29 is 64.2 Å². The number of nitrogens with zero attached hydrogens (tertiary/aromatic N) is 1. The van der Waals surface area contributed by atoms with E-state index in [1.807, 2.05) is 43.5 Å². The molecule has 8 rings (SSSR count). The highest BCUT2D eigenvalue weighted by atomic mass is 16.7. The minimum absolute atomic E-state index is 0.00237. The first-order valence-electron chi connectivity index (χ1n) is 21.1. The fourth-order valence-corrected chi connectivity index (χ4v) is 12.1. The van der Waals surface area contributed by atoms with Crippen molar-refractivity contribution in [2.24, 2.45) is 27.8 Å². The zero-order chi connectivity index (χ0) is 42.1. The van der Waals surface area contributed by atoms with Crippen molar-refractivity contribution in [1.82, 2.24) is 0 Å². The Labute approximate surface area is 342 Å². The molecule has 0 radical (unpaired) electrons. The third kappa shape index (κ3) is 7.20. The fourth-order valence-electron chi connectivity index (χ4n) is 12.1. The van der Waals surface area contributed by atoms with Gasteiger partial charge in [-0.25, -0.2) is 4.79 Å². The number of aryl methyl sites for hydroxylation is 1. The highest BCUT2D eigenvalue weighted by molar-refractivity contribution is 5.71. The van der Waals surface area contributed by atoms with E-state index in [4.69, 9.17) is 28.5 Å². The predicted molar refractivity (Wildman–Crippen MR) is 210 cm³/mol. The van der Waals surface area contributed by atoms with Crippen LogP contribution >= 0.6 is 0 Å². The van der Waals surface area contributed by atoms with E-state index in [-0.39, 0.29) is 24.2 Å². The van der Waals surface area contributed by atoms with E-state index in [2.05, 4.69) is 12.3 Å². The summed E-state index contributed by atoms with van der Waals surface area (Å²) in [5, 5.41) is 93.7. The van der Waals surface area contributed by atoms with Crippen LogP contribution in [0.4, 0.5) is 5.69 Å². The maximum atomic E-state index is 13.0. The summed E-state index contributed by atoms with van der Waals surface area (Å²) >= 11 is 0. The SMILES string of the molecule is Cc1ccc(N/N=C/[C@]23CC[C@H](O[C@@H]4O[C@@H](C)[C@H](O[C@@H]5O[C@H](CO)[C@@H](O)[C@H](O)[C@H]5O)[C@@H](O)[C@H]4O)C[C@@]2(O)CC[C@@H]2[C@@H]3CC[C@]3(C)[C@@H](c4ccc(=O)oc4)CC[C@]23O)cc1. The lowest BCUT2D eigenvalue weighted by Crippen LogP contribution is -2.69. The molecule has 0 spiro atoms. The van der Waals surface area contributed by atoms with Crippen LogP contribution in [-0.4, -0.2) is 132 Å². The molecular weight excluding hydrogens is 768 g/mol. The van der Waals surface area contributed by atoms with Crippen molar-refractivity contribution in [3.05, 3.63) is 64.2 Å². The van der Waals surface area contributed by atoms with Crippen LogP contribution in [0.2, 0.25) is 0 Å². The predicted octanol–water partition coefficient (Wildman–Crippen LogP) is 1.42. The highest BCUT2D eigenvalue weighted by Crippen LogP contribution is 2.71. The maximum absolute atomic E-state index is 13.0. The first-order chi connectivity index (χ1) is 28.0. The molecule has 326 valence electrons. The quantitative estimate of drug-likeness (QED) is 0.0985. The Morgan fingerprint density at radius 2 is 1.54 bits per heavy atom. The van der Waals surface area contributed by atoms with Crippen molar-refractivity contribution in [1.29, 1.82) is 0 Å². The van der Waals surface area contributed by atoms with E-state index < -0.39 is 102 Å². The second-order valence-corrected chi connectivity index (χ2v) is 18.4. The molecule has 0 unspecified atom stereocenters. The fraction of sp³-hybridized carbons (Fsp3) is 0.721. The van der Waals surface area contributed by atoms with Crippen molar-refractivity contribution in [3.63, 3.8) is 0 Å². The van der Waals surface area contributed by atoms with Crippen molar-refractivity contribution >= 4 is 11.9 Å².